The number of rotatable bonds is 3. The van der Waals surface area contributed by atoms with Crippen LogP contribution < -0.4 is 4.80 Å². The minimum atomic E-state index is -0.558. The van der Waals surface area contributed by atoms with Gasteiger partial charge in [-0.05, 0) is 19.1 Å². The van der Waals surface area contributed by atoms with Gasteiger partial charge >= 0.3 is 5.97 Å². The van der Waals surface area contributed by atoms with E-state index in [9.17, 15) is 9.59 Å². The molecule has 2 rings (SSSR count). The van der Waals surface area contributed by atoms with Gasteiger partial charge in [-0.25, -0.2) is 0 Å². The number of nitrogens with zero attached hydrogens (tertiary/aromatic N) is 2. The number of esters is 1. The standard InChI is InChI=1S/C16H20N2O3S/c1-5-21-13(19)10-18-11-8-6-7-9-12(11)22-15(18)17-14(20)16(2,3)4/h6-9H,5,10H2,1-4H3. The van der Waals surface area contributed by atoms with E-state index in [4.69, 9.17) is 4.74 Å². The van der Waals surface area contributed by atoms with Gasteiger partial charge in [-0.15, -0.1) is 0 Å². The van der Waals surface area contributed by atoms with Crippen molar-refractivity contribution < 1.29 is 14.3 Å². The molecular formula is C16H20N2O3S. The molecule has 0 N–H and O–H groups in total. The van der Waals surface area contributed by atoms with Crippen molar-refractivity contribution in [1.82, 2.24) is 4.57 Å². The second kappa shape index (κ2) is 6.44. The smallest absolute Gasteiger partial charge is 0.326 e. The Morgan fingerprint density at radius 1 is 1.27 bits per heavy atom. The number of fused-ring (bicyclic) bond motifs is 1. The molecule has 1 amide bonds. The molecule has 0 spiro atoms. The maximum absolute atomic E-state index is 12.2. The van der Waals surface area contributed by atoms with Crippen molar-refractivity contribution >= 4 is 33.4 Å². The molecule has 0 fully saturated rings. The van der Waals surface area contributed by atoms with E-state index in [1.54, 1.807) is 11.5 Å². The molecule has 5 nitrogen and oxygen atoms in total. The van der Waals surface area contributed by atoms with E-state index in [2.05, 4.69) is 4.99 Å². The van der Waals surface area contributed by atoms with Gasteiger partial charge in [-0.2, -0.15) is 4.99 Å². The third-order valence-corrected chi connectivity index (χ3v) is 4.08. The molecule has 22 heavy (non-hydrogen) atoms. The zero-order chi connectivity index (χ0) is 16.3. The minimum Gasteiger partial charge on any atom is -0.465 e. The third-order valence-electron chi connectivity index (χ3n) is 3.02. The van der Waals surface area contributed by atoms with Crippen molar-refractivity contribution in [1.29, 1.82) is 0 Å². The number of hydrogen-bond donors (Lipinski definition) is 0. The molecule has 0 radical (unpaired) electrons. The molecule has 0 aliphatic heterocycles. The van der Waals surface area contributed by atoms with Crippen LogP contribution in [0.25, 0.3) is 10.2 Å². The van der Waals surface area contributed by atoms with Gasteiger partial charge in [0.05, 0.1) is 16.8 Å². The molecule has 1 heterocycles. The van der Waals surface area contributed by atoms with E-state index in [0.29, 0.717) is 11.4 Å². The summed E-state index contributed by atoms with van der Waals surface area (Å²) in [7, 11) is 0. The van der Waals surface area contributed by atoms with Crippen LogP contribution in [0.3, 0.4) is 0 Å². The third kappa shape index (κ3) is 3.62. The first-order valence-electron chi connectivity index (χ1n) is 7.16. The molecular weight excluding hydrogens is 300 g/mol. The Morgan fingerprint density at radius 2 is 1.95 bits per heavy atom. The first-order valence-corrected chi connectivity index (χ1v) is 7.97. The summed E-state index contributed by atoms with van der Waals surface area (Å²) in [5, 5.41) is 0. The Labute approximate surface area is 133 Å². The summed E-state index contributed by atoms with van der Waals surface area (Å²) >= 11 is 1.40. The van der Waals surface area contributed by atoms with Crippen molar-refractivity contribution in [3.05, 3.63) is 29.1 Å². The second-order valence-corrected chi connectivity index (χ2v) is 6.92. The van der Waals surface area contributed by atoms with Gasteiger partial charge in [-0.3, -0.25) is 9.59 Å². The largest absolute Gasteiger partial charge is 0.465 e. The maximum atomic E-state index is 12.2. The lowest BCUT2D eigenvalue weighted by Crippen LogP contribution is -2.26. The van der Waals surface area contributed by atoms with Gasteiger partial charge < -0.3 is 9.30 Å². The Kier molecular flexibility index (Phi) is 4.81. The first-order chi connectivity index (χ1) is 10.3. The number of aromatic nitrogens is 1. The number of amides is 1. The summed E-state index contributed by atoms with van der Waals surface area (Å²) in [6, 6.07) is 7.67. The molecule has 0 unspecified atom stereocenters. The Bertz CT molecular complexity index is 766. The van der Waals surface area contributed by atoms with E-state index < -0.39 is 5.41 Å². The summed E-state index contributed by atoms with van der Waals surface area (Å²) in [5.74, 6) is -0.549. The topological polar surface area (TPSA) is 60.7 Å². The lowest BCUT2D eigenvalue weighted by Gasteiger charge is -2.11. The molecule has 0 aliphatic rings. The summed E-state index contributed by atoms with van der Waals surface area (Å²) in [6.07, 6.45) is 0. The molecule has 1 aromatic carbocycles. The second-order valence-electron chi connectivity index (χ2n) is 5.91. The average Bonchev–Trinajstić information content (AvgIpc) is 2.76. The Morgan fingerprint density at radius 3 is 2.59 bits per heavy atom. The van der Waals surface area contributed by atoms with Crippen LogP contribution in [0.4, 0.5) is 0 Å². The zero-order valence-electron chi connectivity index (χ0n) is 13.3. The van der Waals surface area contributed by atoms with Crippen LogP contribution in [-0.2, 0) is 20.9 Å². The van der Waals surface area contributed by atoms with Crippen LogP contribution in [0, 0.1) is 5.41 Å². The monoisotopic (exact) mass is 320 g/mol. The van der Waals surface area contributed by atoms with Gasteiger partial charge in [-0.1, -0.05) is 44.2 Å². The molecule has 118 valence electrons. The van der Waals surface area contributed by atoms with Crippen molar-refractivity contribution in [2.45, 2.75) is 34.2 Å². The molecule has 6 heteroatoms. The summed E-state index contributed by atoms with van der Waals surface area (Å²) in [6.45, 7) is 7.61. The van der Waals surface area contributed by atoms with E-state index in [1.807, 2.05) is 45.0 Å². The highest BCUT2D eigenvalue weighted by molar-refractivity contribution is 7.16. The highest BCUT2D eigenvalue weighted by Gasteiger charge is 2.21. The predicted octanol–water partition coefficient (Wildman–Crippen LogP) is 2.74. The minimum absolute atomic E-state index is 0.0497. The van der Waals surface area contributed by atoms with E-state index >= 15 is 0 Å². The summed E-state index contributed by atoms with van der Waals surface area (Å²) < 4.78 is 7.73. The predicted molar refractivity (Wildman–Crippen MR) is 86.5 cm³/mol. The number of benzene rings is 1. The Hall–Kier alpha value is -1.95. The number of hydrogen-bond acceptors (Lipinski definition) is 4. The molecule has 2 aromatic rings. The SMILES string of the molecule is CCOC(=O)Cn1c(=NC(=O)C(C)(C)C)sc2ccccc21. The fourth-order valence-electron chi connectivity index (χ4n) is 1.85. The van der Waals surface area contributed by atoms with Crippen LogP contribution in [-0.4, -0.2) is 23.1 Å². The van der Waals surface area contributed by atoms with Gasteiger partial charge in [0.1, 0.15) is 6.54 Å². The number of para-hydroxylation sites is 1. The van der Waals surface area contributed by atoms with Crippen molar-refractivity contribution in [3.63, 3.8) is 0 Å². The van der Waals surface area contributed by atoms with Crippen molar-refractivity contribution in [3.8, 4) is 0 Å². The van der Waals surface area contributed by atoms with E-state index in [-0.39, 0.29) is 18.4 Å². The molecule has 0 bridgehead atoms. The van der Waals surface area contributed by atoms with Crippen molar-refractivity contribution in [2.24, 2.45) is 10.4 Å². The molecule has 1 aromatic heterocycles. The maximum Gasteiger partial charge on any atom is 0.326 e. The lowest BCUT2D eigenvalue weighted by molar-refractivity contribution is -0.143. The van der Waals surface area contributed by atoms with Crippen LogP contribution in [0.1, 0.15) is 27.7 Å². The number of ether oxygens (including phenoxy) is 1. The fourth-order valence-corrected chi connectivity index (χ4v) is 2.88. The quantitative estimate of drug-likeness (QED) is 0.817. The zero-order valence-corrected chi connectivity index (χ0v) is 14.1. The van der Waals surface area contributed by atoms with Crippen molar-refractivity contribution in [2.75, 3.05) is 6.61 Å². The van der Waals surface area contributed by atoms with Gasteiger partial charge in [0.15, 0.2) is 4.80 Å². The molecule has 0 atom stereocenters. The van der Waals surface area contributed by atoms with Gasteiger partial charge in [0.2, 0.25) is 0 Å². The first kappa shape index (κ1) is 16.4. The van der Waals surface area contributed by atoms with Gasteiger partial charge in [0.25, 0.3) is 5.91 Å². The summed E-state index contributed by atoms with van der Waals surface area (Å²) in [4.78, 5) is 28.7. The van der Waals surface area contributed by atoms with Gasteiger partial charge in [0, 0.05) is 5.41 Å². The lowest BCUT2D eigenvalue weighted by atomic mass is 9.96. The van der Waals surface area contributed by atoms with E-state index in [0.717, 1.165) is 10.2 Å². The Balaban J connectivity index is 2.55. The average molecular weight is 320 g/mol. The van der Waals surface area contributed by atoms with Crippen LogP contribution in [0.2, 0.25) is 0 Å². The number of carbonyl (C=O) groups is 2. The number of carbonyl (C=O) groups excluding carboxylic acids is 2. The molecule has 0 saturated heterocycles. The van der Waals surface area contributed by atoms with Crippen LogP contribution >= 0.6 is 11.3 Å². The van der Waals surface area contributed by atoms with E-state index in [1.165, 1.54) is 11.3 Å². The van der Waals surface area contributed by atoms with Crippen LogP contribution in [0.15, 0.2) is 29.3 Å². The normalized spacial score (nSPS) is 12.6. The number of thiazole rings is 1. The molecule has 0 saturated carbocycles. The molecule has 0 aliphatic carbocycles. The van der Waals surface area contributed by atoms with Crippen LogP contribution in [0.5, 0.6) is 0 Å². The summed E-state index contributed by atoms with van der Waals surface area (Å²) in [5.41, 5.74) is 0.318. The highest BCUT2D eigenvalue weighted by Crippen LogP contribution is 2.18. The highest BCUT2D eigenvalue weighted by atomic mass is 32.1. The fraction of sp³-hybridized carbons (Fsp3) is 0.438.